The van der Waals surface area contributed by atoms with Crippen molar-refractivity contribution in [2.45, 2.75) is 32.2 Å². The van der Waals surface area contributed by atoms with Crippen molar-refractivity contribution >= 4 is 17.5 Å². The van der Waals surface area contributed by atoms with Crippen LogP contribution in [0.3, 0.4) is 0 Å². The second-order valence-corrected chi connectivity index (χ2v) is 8.59. The van der Waals surface area contributed by atoms with Gasteiger partial charge in [-0.3, -0.25) is 9.69 Å². The molecule has 1 aromatic rings. The number of benzene rings is 1. The second-order valence-electron chi connectivity index (χ2n) is 8.18. The topological polar surface area (TPSA) is 26.8 Å². The van der Waals surface area contributed by atoms with Crippen LogP contribution in [0.1, 0.15) is 31.2 Å². The molecule has 0 radical (unpaired) electrons. The van der Waals surface area contributed by atoms with Gasteiger partial charge in [0.15, 0.2) is 0 Å². The minimum atomic E-state index is -0.368. The van der Waals surface area contributed by atoms with Crippen LogP contribution < -0.4 is 0 Å². The van der Waals surface area contributed by atoms with Crippen molar-refractivity contribution in [2.24, 2.45) is 5.41 Å². The van der Waals surface area contributed by atoms with E-state index in [0.717, 1.165) is 57.7 Å². The molecule has 144 valence electrons. The van der Waals surface area contributed by atoms with Crippen molar-refractivity contribution < 1.29 is 9.18 Å². The van der Waals surface area contributed by atoms with Crippen LogP contribution in [0.2, 0.25) is 5.02 Å². The predicted molar refractivity (Wildman–Crippen MR) is 103 cm³/mol. The number of carbonyl (C=O) groups is 1. The fraction of sp³-hybridized carbons (Fsp3) is 0.650. The first-order valence-electron chi connectivity index (χ1n) is 9.46. The summed E-state index contributed by atoms with van der Waals surface area (Å²) in [7, 11) is 4.08. The van der Waals surface area contributed by atoms with E-state index in [0.29, 0.717) is 12.3 Å². The number of likely N-dealkylation sites (N-methyl/N-ethyl adjacent to an activating group) is 1. The number of hydrogen-bond acceptors (Lipinski definition) is 3. The summed E-state index contributed by atoms with van der Waals surface area (Å²) in [6.45, 7) is 5.39. The van der Waals surface area contributed by atoms with Crippen molar-refractivity contribution in [1.29, 1.82) is 0 Å². The monoisotopic (exact) mass is 381 g/mol. The molecule has 1 amide bonds. The molecule has 2 saturated heterocycles. The SMILES string of the molecule is CN(C)CCN1C[C@]2(CCCN(Cc3ccc(F)c(Cl)c3)C2)CCC1=O. The highest BCUT2D eigenvalue weighted by Crippen LogP contribution is 2.39. The number of halogens is 2. The van der Waals surface area contributed by atoms with Crippen LogP contribution in [0.4, 0.5) is 4.39 Å². The van der Waals surface area contributed by atoms with E-state index in [9.17, 15) is 9.18 Å². The Bertz CT molecular complexity index is 654. The minimum absolute atomic E-state index is 0.187. The predicted octanol–water partition coefficient (Wildman–Crippen LogP) is 3.25. The van der Waals surface area contributed by atoms with Crippen LogP contribution in [0.25, 0.3) is 0 Å². The van der Waals surface area contributed by atoms with E-state index in [1.807, 2.05) is 20.2 Å². The van der Waals surface area contributed by atoms with Gasteiger partial charge in [-0.1, -0.05) is 17.7 Å². The third-order valence-electron chi connectivity index (χ3n) is 5.70. The molecule has 4 nitrogen and oxygen atoms in total. The first-order chi connectivity index (χ1) is 12.4. The third-order valence-corrected chi connectivity index (χ3v) is 5.99. The van der Waals surface area contributed by atoms with Gasteiger partial charge in [-0.2, -0.15) is 0 Å². The number of nitrogens with zero attached hydrogens (tertiary/aromatic N) is 3. The van der Waals surface area contributed by atoms with E-state index in [-0.39, 0.29) is 16.3 Å². The summed E-state index contributed by atoms with van der Waals surface area (Å²) in [5, 5.41) is 0.187. The molecular weight excluding hydrogens is 353 g/mol. The molecule has 0 saturated carbocycles. The maximum Gasteiger partial charge on any atom is 0.222 e. The quantitative estimate of drug-likeness (QED) is 0.783. The molecule has 1 aromatic carbocycles. The van der Waals surface area contributed by atoms with Crippen LogP contribution in [0.5, 0.6) is 0 Å². The summed E-state index contributed by atoms with van der Waals surface area (Å²) < 4.78 is 13.4. The molecular formula is C20H29ClFN3O. The summed E-state index contributed by atoms with van der Waals surface area (Å²) in [5.74, 6) is -0.0761. The van der Waals surface area contributed by atoms with E-state index >= 15 is 0 Å². The Morgan fingerprint density at radius 1 is 1.27 bits per heavy atom. The fourth-order valence-electron chi connectivity index (χ4n) is 4.30. The molecule has 6 heteroatoms. The smallest absolute Gasteiger partial charge is 0.222 e. The van der Waals surface area contributed by atoms with Crippen molar-refractivity contribution in [2.75, 3.05) is 46.8 Å². The van der Waals surface area contributed by atoms with E-state index in [4.69, 9.17) is 11.6 Å². The maximum atomic E-state index is 13.4. The number of amides is 1. The van der Waals surface area contributed by atoms with Crippen LogP contribution in [-0.4, -0.2) is 67.4 Å². The van der Waals surface area contributed by atoms with Gasteiger partial charge in [0.1, 0.15) is 5.82 Å². The molecule has 1 atom stereocenters. The van der Waals surface area contributed by atoms with Gasteiger partial charge in [0.25, 0.3) is 0 Å². The second kappa shape index (κ2) is 8.24. The van der Waals surface area contributed by atoms with E-state index in [1.54, 1.807) is 6.07 Å². The molecule has 2 heterocycles. The Morgan fingerprint density at radius 2 is 2.08 bits per heavy atom. The number of piperidine rings is 2. The summed E-state index contributed by atoms with van der Waals surface area (Å²) in [6.07, 6.45) is 3.96. The molecule has 1 spiro atoms. The Labute approximate surface area is 160 Å². The van der Waals surface area contributed by atoms with Gasteiger partial charge >= 0.3 is 0 Å². The molecule has 0 bridgehead atoms. The van der Waals surface area contributed by atoms with Gasteiger partial charge in [0.2, 0.25) is 5.91 Å². The lowest BCUT2D eigenvalue weighted by molar-refractivity contribution is -0.139. The number of carbonyl (C=O) groups excluding carboxylic acids is 1. The van der Waals surface area contributed by atoms with Crippen LogP contribution >= 0.6 is 11.6 Å². The number of hydrogen-bond donors (Lipinski definition) is 0. The van der Waals surface area contributed by atoms with E-state index < -0.39 is 0 Å². The van der Waals surface area contributed by atoms with Crippen molar-refractivity contribution in [3.8, 4) is 0 Å². The van der Waals surface area contributed by atoms with Gasteiger partial charge in [0, 0.05) is 44.6 Å². The maximum absolute atomic E-state index is 13.4. The lowest BCUT2D eigenvalue weighted by atomic mass is 9.73. The average molecular weight is 382 g/mol. The standard InChI is InChI=1S/C20H29ClFN3O/c1-23(2)10-11-25-15-20(8-6-19(25)26)7-3-9-24(14-20)13-16-4-5-18(22)17(21)12-16/h4-5,12H,3,6-11,13-15H2,1-2H3/t20-/m1/s1. The lowest BCUT2D eigenvalue weighted by Gasteiger charge is -2.48. The molecule has 0 unspecified atom stereocenters. The molecule has 0 aromatic heterocycles. The van der Waals surface area contributed by atoms with E-state index in [2.05, 4.69) is 14.7 Å². The molecule has 3 rings (SSSR count). The summed E-state index contributed by atoms with van der Waals surface area (Å²) in [4.78, 5) is 18.9. The zero-order chi connectivity index (χ0) is 18.7. The Hall–Kier alpha value is -1.17. The summed E-state index contributed by atoms with van der Waals surface area (Å²) in [5.41, 5.74) is 1.24. The highest BCUT2D eigenvalue weighted by Gasteiger charge is 2.41. The molecule has 2 fully saturated rings. The zero-order valence-electron chi connectivity index (χ0n) is 15.8. The van der Waals surface area contributed by atoms with Crippen molar-refractivity contribution in [1.82, 2.24) is 14.7 Å². The normalized spacial score (nSPS) is 24.7. The molecule has 0 aliphatic carbocycles. The van der Waals surface area contributed by atoms with Crippen molar-refractivity contribution in [3.05, 3.63) is 34.6 Å². The van der Waals surface area contributed by atoms with Gasteiger partial charge in [-0.05, 0) is 57.6 Å². The number of likely N-dealkylation sites (tertiary alicyclic amines) is 2. The van der Waals surface area contributed by atoms with Crippen LogP contribution in [-0.2, 0) is 11.3 Å². The highest BCUT2D eigenvalue weighted by molar-refractivity contribution is 6.30. The number of rotatable bonds is 5. The van der Waals surface area contributed by atoms with Gasteiger partial charge < -0.3 is 9.80 Å². The highest BCUT2D eigenvalue weighted by atomic mass is 35.5. The fourth-order valence-corrected chi connectivity index (χ4v) is 4.50. The van der Waals surface area contributed by atoms with Gasteiger partial charge in [0.05, 0.1) is 5.02 Å². The van der Waals surface area contributed by atoms with Crippen molar-refractivity contribution in [3.63, 3.8) is 0 Å². The molecule has 2 aliphatic rings. The Morgan fingerprint density at radius 3 is 2.81 bits per heavy atom. The van der Waals surface area contributed by atoms with E-state index in [1.165, 1.54) is 12.5 Å². The largest absolute Gasteiger partial charge is 0.341 e. The average Bonchev–Trinajstić information content (AvgIpc) is 2.59. The third kappa shape index (κ3) is 4.76. The van der Waals surface area contributed by atoms with Crippen LogP contribution in [0.15, 0.2) is 18.2 Å². The van der Waals surface area contributed by atoms with Gasteiger partial charge in [-0.25, -0.2) is 4.39 Å². The minimum Gasteiger partial charge on any atom is -0.341 e. The Kier molecular flexibility index (Phi) is 6.21. The summed E-state index contributed by atoms with van der Waals surface area (Å²) in [6, 6.07) is 4.99. The molecule has 2 aliphatic heterocycles. The Balaban J connectivity index is 1.64. The lowest BCUT2D eigenvalue weighted by Crippen LogP contribution is -2.54. The molecule has 0 N–H and O–H groups in total. The zero-order valence-corrected chi connectivity index (χ0v) is 16.6. The first-order valence-corrected chi connectivity index (χ1v) is 9.83. The van der Waals surface area contributed by atoms with Crippen LogP contribution in [0, 0.1) is 11.2 Å². The summed E-state index contributed by atoms with van der Waals surface area (Å²) >= 11 is 5.93. The van der Waals surface area contributed by atoms with Gasteiger partial charge in [-0.15, -0.1) is 0 Å². The molecule has 26 heavy (non-hydrogen) atoms. The first kappa shape index (κ1) is 19.6.